The number of carbonyl (C=O) groups excluding carboxylic acids is 1. The predicted octanol–water partition coefficient (Wildman–Crippen LogP) is 2.96. The lowest BCUT2D eigenvalue weighted by atomic mass is 10.2. The number of nitrogens with one attached hydrogen (secondary N) is 1. The van der Waals surface area contributed by atoms with Crippen molar-refractivity contribution >= 4 is 33.4 Å². The zero-order valence-electron chi connectivity index (χ0n) is 16.8. The van der Waals surface area contributed by atoms with Crippen molar-refractivity contribution in [2.45, 2.75) is 42.6 Å². The van der Waals surface area contributed by atoms with Gasteiger partial charge in [0.15, 0.2) is 16.7 Å². The third-order valence-electron chi connectivity index (χ3n) is 4.11. The number of anilines is 1. The quantitative estimate of drug-likeness (QED) is 0.505. The zero-order valence-corrected chi connectivity index (χ0v) is 18.4. The van der Waals surface area contributed by atoms with Gasteiger partial charge in [0.2, 0.25) is 15.9 Å². The van der Waals surface area contributed by atoms with E-state index in [9.17, 15) is 13.2 Å². The fraction of sp³-hybridized carbons (Fsp3) is 0.316. The number of thioether (sulfide) groups is 1. The molecular weight excluding hydrogens is 426 g/mol. The van der Waals surface area contributed by atoms with Crippen LogP contribution in [0.5, 0.6) is 0 Å². The zero-order chi connectivity index (χ0) is 21.9. The number of rotatable bonds is 8. The number of sulfonamides is 1. The molecule has 0 fully saturated rings. The predicted molar refractivity (Wildman–Crippen MR) is 114 cm³/mol. The molecule has 3 aromatic rings. The van der Waals surface area contributed by atoms with E-state index in [1.54, 1.807) is 19.3 Å². The van der Waals surface area contributed by atoms with E-state index < -0.39 is 15.3 Å². The molecule has 0 unspecified atom stereocenters. The number of aromatic nitrogens is 3. The Hall–Kier alpha value is -2.63. The van der Waals surface area contributed by atoms with E-state index in [1.165, 1.54) is 36.0 Å². The van der Waals surface area contributed by atoms with E-state index in [-0.39, 0.29) is 10.8 Å². The number of furan rings is 1. The highest BCUT2D eigenvalue weighted by Crippen LogP contribution is 2.28. The lowest BCUT2D eigenvalue weighted by Gasteiger charge is -2.14. The highest BCUT2D eigenvalue weighted by Gasteiger charge is 2.22. The molecule has 3 N–H and O–H groups in total. The van der Waals surface area contributed by atoms with Crippen molar-refractivity contribution in [1.82, 2.24) is 14.8 Å². The van der Waals surface area contributed by atoms with Crippen LogP contribution in [-0.2, 0) is 21.4 Å². The average molecular weight is 450 g/mol. The van der Waals surface area contributed by atoms with Crippen molar-refractivity contribution in [3.8, 4) is 11.6 Å². The largest absolute Gasteiger partial charge is 0.461 e. The second kappa shape index (κ2) is 9.02. The number of nitrogens with zero attached hydrogens (tertiary/aromatic N) is 3. The Morgan fingerprint density at radius 1 is 1.20 bits per heavy atom. The minimum atomic E-state index is -3.78. The van der Waals surface area contributed by atoms with Gasteiger partial charge >= 0.3 is 0 Å². The van der Waals surface area contributed by atoms with Crippen LogP contribution in [0, 0.1) is 5.92 Å². The SMILES string of the molecule is CC(C)Cn1c(S[C@H](C)C(=O)Nc2ccc(S(N)(=O)=O)cc2)nnc1-c1ccco1. The summed E-state index contributed by atoms with van der Waals surface area (Å²) in [4.78, 5) is 12.6. The van der Waals surface area contributed by atoms with Gasteiger partial charge in [-0.3, -0.25) is 9.36 Å². The van der Waals surface area contributed by atoms with Crippen molar-refractivity contribution < 1.29 is 17.6 Å². The molecule has 1 aromatic carbocycles. The minimum Gasteiger partial charge on any atom is -0.461 e. The molecule has 0 saturated heterocycles. The highest BCUT2D eigenvalue weighted by atomic mass is 32.2. The topological polar surface area (TPSA) is 133 Å². The number of carbonyl (C=O) groups is 1. The molecule has 0 aliphatic heterocycles. The maximum Gasteiger partial charge on any atom is 0.238 e. The molecule has 0 radical (unpaired) electrons. The van der Waals surface area contributed by atoms with Crippen LogP contribution in [0.15, 0.2) is 57.1 Å². The summed E-state index contributed by atoms with van der Waals surface area (Å²) in [5.74, 6) is 1.32. The molecule has 160 valence electrons. The molecule has 11 heteroatoms. The van der Waals surface area contributed by atoms with E-state index in [4.69, 9.17) is 9.56 Å². The molecule has 0 aliphatic rings. The van der Waals surface area contributed by atoms with Crippen LogP contribution in [0.4, 0.5) is 5.69 Å². The third kappa shape index (κ3) is 5.29. The lowest BCUT2D eigenvalue weighted by Crippen LogP contribution is -2.23. The van der Waals surface area contributed by atoms with Gasteiger partial charge in [-0.2, -0.15) is 0 Å². The van der Waals surface area contributed by atoms with E-state index in [2.05, 4.69) is 29.4 Å². The first-order chi connectivity index (χ1) is 14.1. The smallest absolute Gasteiger partial charge is 0.238 e. The summed E-state index contributed by atoms with van der Waals surface area (Å²) >= 11 is 1.28. The molecule has 2 aromatic heterocycles. The van der Waals surface area contributed by atoms with Crippen LogP contribution in [0.2, 0.25) is 0 Å². The molecule has 3 rings (SSSR count). The maximum absolute atomic E-state index is 12.6. The van der Waals surface area contributed by atoms with Gasteiger partial charge in [-0.1, -0.05) is 25.6 Å². The van der Waals surface area contributed by atoms with Gasteiger partial charge < -0.3 is 9.73 Å². The normalized spacial score (nSPS) is 12.8. The molecule has 9 nitrogen and oxygen atoms in total. The van der Waals surface area contributed by atoms with Gasteiger partial charge in [0.1, 0.15) is 0 Å². The van der Waals surface area contributed by atoms with E-state index in [0.717, 1.165) is 0 Å². The summed E-state index contributed by atoms with van der Waals surface area (Å²) < 4.78 is 30.1. The molecule has 0 bridgehead atoms. The number of primary sulfonamides is 1. The highest BCUT2D eigenvalue weighted by molar-refractivity contribution is 8.00. The molecule has 30 heavy (non-hydrogen) atoms. The van der Waals surface area contributed by atoms with Crippen LogP contribution in [0.3, 0.4) is 0 Å². The molecule has 0 aliphatic carbocycles. The Morgan fingerprint density at radius 3 is 2.47 bits per heavy atom. The second-order valence-electron chi connectivity index (χ2n) is 7.11. The summed E-state index contributed by atoms with van der Waals surface area (Å²) in [5, 5.41) is 16.5. The Bertz CT molecular complexity index is 1110. The summed E-state index contributed by atoms with van der Waals surface area (Å²) in [7, 11) is -3.78. The van der Waals surface area contributed by atoms with Crippen molar-refractivity contribution in [1.29, 1.82) is 0 Å². The van der Waals surface area contributed by atoms with Crippen LogP contribution in [0.25, 0.3) is 11.6 Å². The Labute approximate surface area is 179 Å². The Kier molecular flexibility index (Phi) is 6.64. The van der Waals surface area contributed by atoms with Gasteiger partial charge in [-0.15, -0.1) is 10.2 Å². The van der Waals surface area contributed by atoms with Crippen LogP contribution < -0.4 is 10.5 Å². The first kappa shape index (κ1) is 22.1. The van der Waals surface area contributed by atoms with Crippen molar-refractivity contribution in [2.24, 2.45) is 11.1 Å². The molecular formula is C19H23N5O4S2. The fourth-order valence-corrected chi connectivity index (χ4v) is 4.05. The van der Waals surface area contributed by atoms with Crippen molar-refractivity contribution in [3.05, 3.63) is 42.7 Å². The summed E-state index contributed by atoms with van der Waals surface area (Å²) in [5.41, 5.74) is 0.472. The number of hydrogen-bond acceptors (Lipinski definition) is 7. The molecule has 1 atom stereocenters. The van der Waals surface area contributed by atoms with Gasteiger partial charge in [0.25, 0.3) is 0 Å². The molecule has 1 amide bonds. The van der Waals surface area contributed by atoms with Gasteiger partial charge in [0.05, 0.1) is 16.4 Å². The van der Waals surface area contributed by atoms with Crippen LogP contribution in [-0.4, -0.2) is 34.3 Å². The number of hydrogen-bond donors (Lipinski definition) is 2. The van der Waals surface area contributed by atoms with Gasteiger partial charge in [0, 0.05) is 12.2 Å². The number of amides is 1. The maximum atomic E-state index is 12.6. The minimum absolute atomic E-state index is 0.0184. The fourth-order valence-electron chi connectivity index (χ4n) is 2.68. The lowest BCUT2D eigenvalue weighted by molar-refractivity contribution is -0.115. The molecule has 0 saturated carbocycles. The first-order valence-corrected chi connectivity index (χ1v) is 11.6. The standard InChI is InChI=1S/C19H23N5O4S2/c1-12(2)11-24-17(16-5-4-10-28-16)22-23-19(24)29-13(3)18(25)21-14-6-8-15(9-7-14)30(20,26)27/h4-10,12-13H,11H2,1-3H3,(H,21,25)(H2,20,26,27)/t13-/m1/s1. The van der Waals surface area contributed by atoms with Crippen molar-refractivity contribution in [3.63, 3.8) is 0 Å². The van der Waals surface area contributed by atoms with Gasteiger partial charge in [-0.25, -0.2) is 13.6 Å². The summed E-state index contributed by atoms with van der Waals surface area (Å²) in [6.07, 6.45) is 1.58. The molecule has 0 spiro atoms. The Morgan fingerprint density at radius 2 is 1.90 bits per heavy atom. The van der Waals surface area contributed by atoms with E-state index >= 15 is 0 Å². The molecule has 2 heterocycles. The third-order valence-corrected chi connectivity index (χ3v) is 6.12. The second-order valence-corrected chi connectivity index (χ2v) is 9.98. The summed E-state index contributed by atoms with van der Waals surface area (Å²) in [6, 6.07) is 9.27. The Balaban J connectivity index is 1.73. The number of benzene rings is 1. The van der Waals surface area contributed by atoms with Crippen LogP contribution >= 0.6 is 11.8 Å². The van der Waals surface area contributed by atoms with Gasteiger partial charge in [-0.05, 0) is 49.2 Å². The van der Waals surface area contributed by atoms with E-state index in [1.807, 2.05) is 10.6 Å². The van der Waals surface area contributed by atoms with Crippen molar-refractivity contribution in [2.75, 3.05) is 5.32 Å². The average Bonchev–Trinajstić information content (AvgIpc) is 3.31. The number of nitrogens with two attached hydrogens (primary N) is 1. The monoisotopic (exact) mass is 449 g/mol. The van der Waals surface area contributed by atoms with E-state index in [0.29, 0.717) is 34.9 Å². The first-order valence-electron chi connectivity index (χ1n) is 9.22. The van der Waals surface area contributed by atoms with Crippen LogP contribution in [0.1, 0.15) is 20.8 Å². The summed E-state index contributed by atoms with van der Waals surface area (Å²) in [6.45, 7) is 6.61.